The summed E-state index contributed by atoms with van der Waals surface area (Å²) in [4.78, 5) is 24.3. The maximum absolute atomic E-state index is 11.6. The Labute approximate surface area is 118 Å². The molecule has 20 heavy (non-hydrogen) atoms. The molecule has 1 aromatic rings. The van der Waals surface area contributed by atoms with Crippen molar-refractivity contribution in [1.82, 2.24) is 15.5 Å². The number of likely N-dealkylation sites (N-methyl/N-ethyl adjacent to an activating group) is 1. The van der Waals surface area contributed by atoms with Crippen LogP contribution < -0.4 is 10.6 Å². The fourth-order valence-electron chi connectivity index (χ4n) is 1.82. The summed E-state index contributed by atoms with van der Waals surface area (Å²) in [5.41, 5.74) is 1.09. The zero-order chi connectivity index (χ0) is 15.1. The number of carbonyl (C=O) groups is 2. The fraction of sp³-hybridized carbons (Fsp3) is 0.429. The number of benzene rings is 1. The lowest BCUT2D eigenvalue weighted by molar-refractivity contribution is 0.0697. The number of hydrogen-bond donors (Lipinski definition) is 3. The molecule has 2 amide bonds. The minimum absolute atomic E-state index is 0.0550. The average molecular weight is 279 g/mol. The van der Waals surface area contributed by atoms with Gasteiger partial charge in [0.05, 0.1) is 5.56 Å². The van der Waals surface area contributed by atoms with E-state index in [1.165, 1.54) is 12.1 Å². The number of carbonyl (C=O) groups excluding carboxylic acids is 1. The van der Waals surface area contributed by atoms with Gasteiger partial charge in [-0.1, -0.05) is 12.1 Å². The third kappa shape index (κ3) is 5.71. The van der Waals surface area contributed by atoms with Crippen molar-refractivity contribution in [3.05, 3.63) is 35.4 Å². The summed E-state index contributed by atoms with van der Waals surface area (Å²) in [6.45, 7) is 3.06. The van der Waals surface area contributed by atoms with E-state index in [0.717, 1.165) is 12.1 Å². The van der Waals surface area contributed by atoms with E-state index in [2.05, 4.69) is 10.6 Å². The van der Waals surface area contributed by atoms with Crippen molar-refractivity contribution < 1.29 is 14.7 Å². The van der Waals surface area contributed by atoms with Crippen LogP contribution in [0.5, 0.6) is 0 Å². The second-order valence-corrected chi connectivity index (χ2v) is 4.99. The molecule has 110 valence electrons. The van der Waals surface area contributed by atoms with Crippen molar-refractivity contribution in [1.29, 1.82) is 0 Å². The molecule has 1 aromatic carbocycles. The van der Waals surface area contributed by atoms with Gasteiger partial charge in [0.2, 0.25) is 0 Å². The number of amides is 2. The molecule has 0 saturated carbocycles. The van der Waals surface area contributed by atoms with Gasteiger partial charge in [0.15, 0.2) is 0 Å². The fourth-order valence-corrected chi connectivity index (χ4v) is 1.82. The number of aromatic carboxylic acids is 1. The minimum Gasteiger partial charge on any atom is -0.478 e. The summed E-state index contributed by atoms with van der Waals surface area (Å²) in [6.07, 6.45) is 0. The third-order valence-electron chi connectivity index (χ3n) is 2.67. The SMILES string of the molecule is CC(CN(C)C)NC(=O)NCc1ccc(C(=O)O)cc1. The van der Waals surface area contributed by atoms with Gasteiger partial charge in [-0.25, -0.2) is 9.59 Å². The maximum atomic E-state index is 11.6. The quantitative estimate of drug-likeness (QED) is 0.729. The van der Waals surface area contributed by atoms with E-state index in [4.69, 9.17) is 5.11 Å². The summed E-state index contributed by atoms with van der Waals surface area (Å²) in [5, 5.41) is 14.3. The van der Waals surface area contributed by atoms with Gasteiger partial charge in [0.1, 0.15) is 0 Å². The van der Waals surface area contributed by atoms with E-state index in [-0.39, 0.29) is 17.6 Å². The average Bonchev–Trinajstić information content (AvgIpc) is 2.35. The van der Waals surface area contributed by atoms with Gasteiger partial charge in [-0.05, 0) is 38.7 Å². The van der Waals surface area contributed by atoms with Gasteiger partial charge in [0, 0.05) is 19.1 Å². The number of carboxylic acids is 1. The monoisotopic (exact) mass is 279 g/mol. The molecule has 6 nitrogen and oxygen atoms in total. The summed E-state index contributed by atoms with van der Waals surface area (Å²) in [5.74, 6) is -0.959. The number of nitrogens with zero attached hydrogens (tertiary/aromatic N) is 1. The van der Waals surface area contributed by atoms with E-state index in [1.54, 1.807) is 12.1 Å². The van der Waals surface area contributed by atoms with Crippen molar-refractivity contribution in [2.24, 2.45) is 0 Å². The lowest BCUT2D eigenvalue weighted by Gasteiger charge is -2.18. The van der Waals surface area contributed by atoms with Gasteiger partial charge < -0.3 is 20.6 Å². The minimum atomic E-state index is -0.959. The first-order valence-electron chi connectivity index (χ1n) is 6.40. The van der Waals surface area contributed by atoms with Gasteiger partial charge in [-0.15, -0.1) is 0 Å². The molecule has 0 spiro atoms. The number of nitrogens with one attached hydrogen (secondary N) is 2. The predicted octanol–water partition coefficient (Wildman–Crippen LogP) is 1.13. The largest absolute Gasteiger partial charge is 0.478 e. The molecular weight excluding hydrogens is 258 g/mol. The Morgan fingerprint density at radius 3 is 2.35 bits per heavy atom. The van der Waals surface area contributed by atoms with Crippen LogP contribution in [0, 0.1) is 0 Å². The van der Waals surface area contributed by atoms with Crippen LogP contribution in [0.25, 0.3) is 0 Å². The Balaban J connectivity index is 2.39. The van der Waals surface area contributed by atoms with Crippen molar-refractivity contribution in [2.45, 2.75) is 19.5 Å². The van der Waals surface area contributed by atoms with E-state index < -0.39 is 5.97 Å². The topological polar surface area (TPSA) is 81.7 Å². The lowest BCUT2D eigenvalue weighted by Crippen LogP contribution is -2.44. The Hall–Kier alpha value is -2.08. The first kappa shape index (κ1) is 16.0. The second-order valence-electron chi connectivity index (χ2n) is 4.99. The van der Waals surface area contributed by atoms with Crippen molar-refractivity contribution in [3.63, 3.8) is 0 Å². The molecule has 1 rings (SSSR count). The molecule has 0 aliphatic heterocycles. The van der Waals surface area contributed by atoms with Gasteiger partial charge in [0.25, 0.3) is 0 Å². The molecular formula is C14H21N3O3. The van der Waals surface area contributed by atoms with E-state index in [0.29, 0.717) is 6.54 Å². The standard InChI is InChI=1S/C14H21N3O3/c1-10(9-17(2)3)16-14(20)15-8-11-4-6-12(7-5-11)13(18)19/h4-7,10H,8-9H2,1-3H3,(H,18,19)(H2,15,16,20). The molecule has 0 aliphatic carbocycles. The second kappa shape index (κ2) is 7.49. The number of carboxylic acid groups (broad SMARTS) is 1. The van der Waals surface area contributed by atoms with Crippen LogP contribution in [-0.2, 0) is 6.54 Å². The molecule has 0 bridgehead atoms. The highest BCUT2D eigenvalue weighted by molar-refractivity contribution is 5.87. The third-order valence-corrected chi connectivity index (χ3v) is 2.67. The zero-order valence-corrected chi connectivity index (χ0v) is 12.0. The van der Waals surface area contributed by atoms with Crippen LogP contribution in [-0.4, -0.2) is 48.7 Å². The molecule has 1 unspecified atom stereocenters. The highest BCUT2D eigenvalue weighted by atomic mass is 16.4. The number of rotatable bonds is 6. The van der Waals surface area contributed by atoms with Crippen molar-refractivity contribution >= 4 is 12.0 Å². The van der Waals surface area contributed by atoms with Crippen molar-refractivity contribution in [3.8, 4) is 0 Å². The normalized spacial score (nSPS) is 12.0. The Kier molecular flexibility index (Phi) is 5.99. The summed E-state index contributed by atoms with van der Waals surface area (Å²) in [6, 6.07) is 6.23. The van der Waals surface area contributed by atoms with Gasteiger partial charge >= 0.3 is 12.0 Å². The highest BCUT2D eigenvalue weighted by Crippen LogP contribution is 2.04. The molecule has 1 atom stereocenters. The maximum Gasteiger partial charge on any atom is 0.335 e. The Morgan fingerprint density at radius 2 is 1.85 bits per heavy atom. The molecule has 0 saturated heterocycles. The summed E-state index contributed by atoms with van der Waals surface area (Å²) < 4.78 is 0. The number of urea groups is 1. The first-order valence-corrected chi connectivity index (χ1v) is 6.40. The highest BCUT2D eigenvalue weighted by Gasteiger charge is 2.08. The molecule has 0 heterocycles. The van der Waals surface area contributed by atoms with E-state index in [9.17, 15) is 9.59 Å². The van der Waals surface area contributed by atoms with Crippen LogP contribution in [0.15, 0.2) is 24.3 Å². The van der Waals surface area contributed by atoms with Gasteiger partial charge in [-0.2, -0.15) is 0 Å². The predicted molar refractivity (Wildman–Crippen MR) is 76.8 cm³/mol. The molecule has 3 N–H and O–H groups in total. The van der Waals surface area contributed by atoms with Crippen LogP contribution in [0.4, 0.5) is 4.79 Å². The zero-order valence-electron chi connectivity index (χ0n) is 12.0. The van der Waals surface area contributed by atoms with Crippen LogP contribution in [0.3, 0.4) is 0 Å². The Morgan fingerprint density at radius 1 is 1.25 bits per heavy atom. The van der Waals surface area contributed by atoms with E-state index in [1.807, 2.05) is 25.9 Å². The van der Waals surface area contributed by atoms with Crippen LogP contribution >= 0.6 is 0 Å². The molecule has 0 radical (unpaired) electrons. The molecule has 0 aromatic heterocycles. The van der Waals surface area contributed by atoms with Crippen LogP contribution in [0.2, 0.25) is 0 Å². The Bertz CT molecular complexity index is 457. The summed E-state index contributed by atoms with van der Waals surface area (Å²) in [7, 11) is 3.89. The lowest BCUT2D eigenvalue weighted by atomic mass is 10.1. The van der Waals surface area contributed by atoms with Gasteiger partial charge in [-0.3, -0.25) is 0 Å². The number of hydrogen-bond acceptors (Lipinski definition) is 3. The molecule has 0 aliphatic rings. The van der Waals surface area contributed by atoms with Crippen molar-refractivity contribution in [2.75, 3.05) is 20.6 Å². The smallest absolute Gasteiger partial charge is 0.335 e. The van der Waals surface area contributed by atoms with Crippen LogP contribution in [0.1, 0.15) is 22.8 Å². The molecule has 0 fully saturated rings. The molecule has 6 heteroatoms. The first-order chi connectivity index (χ1) is 9.38. The summed E-state index contributed by atoms with van der Waals surface area (Å²) >= 11 is 0. The van der Waals surface area contributed by atoms with E-state index >= 15 is 0 Å².